The number of carbonyl (C=O) groups is 1. The number of nitrogens with zero attached hydrogens (tertiary/aromatic N) is 6. The Bertz CT molecular complexity index is 1220. The van der Waals surface area contributed by atoms with Crippen molar-refractivity contribution in [2.24, 2.45) is 0 Å². The summed E-state index contributed by atoms with van der Waals surface area (Å²) in [5.74, 6) is 1.35. The second-order valence-electron chi connectivity index (χ2n) is 10.2. The normalized spacial score (nSPS) is 18.5. The standard InChI is InChI=1S/C25H34FN9O2/c1-16(2)20-12-29-35-21(20)32-22(30-17(3)18-4-8-27-9-5-18)33-23(35)31-19-6-10-34(11-7-19)24(36)37-15-25(26)13-28-14-25/h4-5,8-9,12,16-17,19,28H,6-7,10-11,13-15H2,1-3H3,(H2,30,31,32,33)/t17-/m1/s1. The van der Waals surface area contributed by atoms with Gasteiger partial charge in [-0.25, -0.2) is 9.18 Å². The van der Waals surface area contributed by atoms with E-state index in [4.69, 9.17) is 14.7 Å². The number of ether oxygens (including phenoxy) is 1. The SMILES string of the molecule is CC(C)c1cnn2c(NC3CCN(C(=O)OCC4(F)CNC4)CC3)nc(N[C@H](C)c3ccncc3)nc12. The van der Waals surface area contributed by atoms with E-state index in [1.165, 1.54) is 0 Å². The van der Waals surface area contributed by atoms with E-state index in [2.05, 4.69) is 46.8 Å². The van der Waals surface area contributed by atoms with Gasteiger partial charge in [-0.2, -0.15) is 19.6 Å². The van der Waals surface area contributed by atoms with Gasteiger partial charge in [-0.05, 0) is 43.4 Å². The van der Waals surface area contributed by atoms with Crippen LogP contribution >= 0.6 is 0 Å². The van der Waals surface area contributed by atoms with Crippen LogP contribution in [0.4, 0.5) is 21.1 Å². The minimum absolute atomic E-state index is 0.0165. The van der Waals surface area contributed by atoms with Crippen molar-refractivity contribution in [1.29, 1.82) is 0 Å². The average Bonchev–Trinajstić information content (AvgIpc) is 3.32. The molecule has 3 aromatic heterocycles. The van der Waals surface area contributed by atoms with Crippen molar-refractivity contribution in [3.05, 3.63) is 41.9 Å². The number of pyridine rings is 1. The molecule has 0 spiro atoms. The first-order valence-electron chi connectivity index (χ1n) is 12.8. The molecule has 37 heavy (non-hydrogen) atoms. The predicted molar refractivity (Wildman–Crippen MR) is 137 cm³/mol. The molecule has 0 saturated carbocycles. The van der Waals surface area contributed by atoms with Gasteiger partial charge in [0.05, 0.1) is 12.2 Å². The number of hydrogen-bond donors (Lipinski definition) is 3. The number of likely N-dealkylation sites (tertiary alicyclic amines) is 1. The number of amides is 1. The van der Waals surface area contributed by atoms with Gasteiger partial charge in [0.25, 0.3) is 0 Å². The molecule has 2 aliphatic rings. The van der Waals surface area contributed by atoms with E-state index in [1.54, 1.807) is 21.8 Å². The minimum atomic E-state index is -1.44. The first-order chi connectivity index (χ1) is 17.8. The third-order valence-electron chi connectivity index (χ3n) is 6.99. The summed E-state index contributed by atoms with van der Waals surface area (Å²) < 4.78 is 21.1. The Balaban J connectivity index is 1.27. The van der Waals surface area contributed by atoms with Crippen molar-refractivity contribution in [2.75, 3.05) is 43.4 Å². The third kappa shape index (κ3) is 5.58. The van der Waals surface area contributed by atoms with Crippen molar-refractivity contribution in [3.63, 3.8) is 0 Å². The number of hydrogen-bond acceptors (Lipinski definition) is 9. The summed E-state index contributed by atoms with van der Waals surface area (Å²) in [5.41, 5.74) is 1.43. The van der Waals surface area contributed by atoms with E-state index in [9.17, 15) is 9.18 Å². The molecule has 12 heteroatoms. The highest BCUT2D eigenvalue weighted by Crippen LogP contribution is 2.25. The van der Waals surface area contributed by atoms with Crippen molar-refractivity contribution < 1.29 is 13.9 Å². The maximum atomic E-state index is 14.1. The second kappa shape index (κ2) is 10.4. The predicted octanol–water partition coefficient (Wildman–Crippen LogP) is 3.14. The van der Waals surface area contributed by atoms with Gasteiger partial charge in [-0.3, -0.25) is 4.98 Å². The van der Waals surface area contributed by atoms with Crippen molar-refractivity contribution >= 4 is 23.6 Å². The van der Waals surface area contributed by atoms with Crippen LogP contribution in [0.3, 0.4) is 0 Å². The Morgan fingerprint density at radius 2 is 1.95 bits per heavy atom. The summed E-state index contributed by atoms with van der Waals surface area (Å²) in [4.78, 5) is 27.7. The molecule has 5 heterocycles. The fourth-order valence-electron chi connectivity index (χ4n) is 4.56. The first-order valence-corrected chi connectivity index (χ1v) is 12.8. The summed E-state index contributed by atoms with van der Waals surface area (Å²) in [6, 6.07) is 3.99. The van der Waals surface area contributed by atoms with E-state index < -0.39 is 11.8 Å². The molecule has 0 unspecified atom stereocenters. The summed E-state index contributed by atoms with van der Waals surface area (Å²) in [7, 11) is 0. The van der Waals surface area contributed by atoms with Crippen LogP contribution < -0.4 is 16.0 Å². The lowest BCUT2D eigenvalue weighted by atomic mass is 10.0. The Morgan fingerprint density at radius 1 is 1.22 bits per heavy atom. The fraction of sp³-hybridized carbons (Fsp3) is 0.560. The van der Waals surface area contributed by atoms with E-state index >= 15 is 0 Å². The number of nitrogens with one attached hydrogen (secondary N) is 3. The molecule has 11 nitrogen and oxygen atoms in total. The smallest absolute Gasteiger partial charge is 0.409 e. The largest absolute Gasteiger partial charge is 0.446 e. The molecule has 3 N–H and O–H groups in total. The number of halogens is 1. The van der Waals surface area contributed by atoms with Crippen LogP contribution in [-0.4, -0.2) is 80.1 Å². The number of anilines is 2. The number of alkyl halides is 1. The molecular formula is C25H34FN9O2. The molecule has 0 aliphatic carbocycles. The number of rotatable bonds is 8. The van der Waals surface area contributed by atoms with Gasteiger partial charge in [0.2, 0.25) is 11.9 Å². The molecule has 0 radical (unpaired) electrons. The maximum absolute atomic E-state index is 14.1. The highest BCUT2D eigenvalue weighted by atomic mass is 19.1. The third-order valence-corrected chi connectivity index (χ3v) is 6.99. The zero-order valence-electron chi connectivity index (χ0n) is 21.4. The van der Waals surface area contributed by atoms with Crippen molar-refractivity contribution in [2.45, 2.75) is 57.3 Å². The second-order valence-corrected chi connectivity index (χ2v) is 10.2. The van der Waals surface area contributed by atoms with E-state index in [0.29, 0.717) is 37.8 Å². The van der Waals surface area contributed by atoms with Gasteiger partial charge < -0.3 is 25.6 Å². The molecule has 0 aromatic carbocycles. The van der Waals surface area contributed by atoms with Gasteiger partial charge in [0, 0.05) is 50.2 Å². The Morgan fingerprint density at radius 3 is 2.59 bits per heavy atom. The lowest BCUT2D eigenvalue weighted by Crippen LogP contribution is -2.59. The molecule has 3 aromatic rings. The molecule has 1 amide bonds. The van der Waals surface area contributed by atoms with Crippen molar-refractivity contribution in [3.8, 4) is 0 Å². The fourth-order valence-corrected chi connectivity index (χ4v) is 4.56. The van der Waals surface area contributed by atoms with Crippen LogP contribution in [0.5, 0.6) is 0 Å². The monoisotopic (exact) mass is 511 g/mol. The quantitative estimate of drug-likeness (QED) is 0.419. The average molecular weight is 512 g/mol. The topological polar surface area (TPSA) is 122 Å². The van der Waals surface area contributed by atoms with E-state index in [0.717, 1.165) is 16.8 Å². The molecule has 0 bridgehead atoms. The van der Waals surface area contributed by atoms with Gasteiger partial charge in [-0.15, -0.1) is 0 Å². The molecule has 2 fully saturated rings. The van der Waals surface area contributed by atoms with Gasteiger partial charge in [0.15, 0.2) is 11.3 Å². The first kappa shape index (κ1) is 25.1. The zero-order chi connectivity index (χ0) is 26.0. The summed E-state index contributed by atoms with van der Waals surface area (Å²) in [6.07, 6.45) is 6.32. The molecule has 1 atom stereocenters. The van der Waals surface area contributed by atoms with Gasteiger partial charge >= 0.3 is 6.09 Å². The Labute approximate surface area is 215 Å². The number of carbonyl (C=O) groups excluding carboxylic acids is 1. The molecule has 2 aliphatic heterocycles. The van der Waals surface area contributed by atoms with Gasteiger partial charge in [-0.1, -0.05) is 13.8 Å². The van der Waals surface area contributed by atoms with Gasteiger partial charge in [0.1, 0.15) is 6.61 Å². The van der Waals surface area contributed by atoms with Crippen LogP contribution in [0, 0.1) is 0 Å². The van der Waals surface area contributed by atoms with Crippen LogP contribution in [0.2, 0.25) is 0 Å². The molecule has 198 valence electrons. The lowest BCUT2D eigenvalue weighted by molar-refractivity contribution is -0.00162. The minimum Gasteiger partial charge on any atom is -0.446 e. The maximum Gasteiger partial charge on any atom is 0.409 e. The molecule has 2 saturated heterocycles. The Hall–Kier alpha value is -3.54. The molecular weight excluding hydrogens is 477 g/mol. The van der Waals surface area contributed by atoms with Crippen LogP contribution in [0.25, 0.3) is 5.65 Å². The summed E-state index contributed by atoms with van der Waals surface area (Å²) >= 11 is 0. The van der Waals surface area contributed by atoms with Crippen LogP contribution in [0.1, 0.15) is 56.7 Å². The summed E-state index contributed by atoms with van der Waals surface area (Å²) in [5, 5.41) is 14.3. The summed E-state index contributed by atoms with van der Waals surface area (Å²) in [6.45, 7) is 7.55. The molecule has 5 rings (SSSR count). The lowest BCUT2D eigenvalue weighted by Gasteiger charge is -2.36. The van der Waals surface area contributed by atoms with E-state index in [1.807, 2.05) is 18.3 Å². The van der Waals surface area contributed by atoms with Crippen molar-refractivity contribution in [1.82, 2.24) is 34.8 Å². The highest BCUT2D eigenvalue weighted by Gasteiger charge is 2.39. The van der Waals surface area contributed by atoms with Crippen LogP contribution in [0.15, 0.2) is 30.7 Å². The zero-order valence-corrected chi connectivity index (χ0v) is 21.4. The van der Waals surface area contributed by atoms with Crippen LogP contribution in [-0.2, 0) is 4.74 Å². The number of aromatic nitrogens is 5. The van der Waals surface area contributed by atoms with E-state index in [-0.39, 0.29) is 37.7 Å². The highest BCUT2D eigenvalue weighted by molar-refractivity contribution is 5.68. The Kier molecular flexibility index (Phi) is 7.09. The number of fused-ring (bicyclic) bond motifs is 1. The number of piperidine rings is 1.